The van der Waals surface area contributed by atoms with Crippen LogP contribution >= 0.6 is 0 Å². The fourth-order valence-corrected chi connectivity index (χ4v) is 1.75. The molecule has 0 N–H and O–H groups in total. The average molecular weight is 226 g/mol. The molecule has 17 heavy (non-hydrogen) atoms. The van der Waals surface area contributed by atoms with Gasteiger partial charge in [0.15, 0.2) is 0 Å². The zero-order valence-corrected chi connectivity index (χ0v) is 9.76. The van der Waals surface area contributed by atoms with Gasteiger partial charge in [-0.3, -0.25) is 0 Å². The normalized spacial score (nSPS) is 9.88. The summed E-state index contributed by atoms with van der Waals surface area (Å²) in [5.74, 6) is 0.868. The molecule has 0 atom stereocenters. The van der Waals surface area contributed by atoms with Crippen LogP contribution in [0.2, 0.25) is 0 Å². The van der Waals surface area contributed by atoms with Crippen LogP contribution < -0.4 is 4.74 Å². The first-order chi connectivity index (χ1) is 8.33. The Morgan fingerprint density at radius 2 is 2.00 bits per heavy atom. The highest BCUT2D eigenvalue weighted by molar-refractivity contribution is 5.27. The summed E-state index contributed by atoms with van der Waals surface area (Å²) in [4.78, 5) is 0. The Morgan fingerprint density at radius 3 is 2.65 bits per heavy atom. The van der Waals surface area contributed by atoms with Crippen LogP contribution in [0.5, 0.6) is 5.75 Å². The van der Waals surface area contributed by atoms with E-state index in [1.807, 2.05) is 47.2 Å². The van der Waals surface area contributed by atoms with Crippen LogP contribution in [0.4, 0.5) is 0 Å². The van der Waals surface area contributed by atoms with Crippen molar-refractivity contribution < 1.29 is 4.74 Å². The Hall–Kier alpha value is -2.21. The van der Waals surface area contributed by atoms with Gasteiger partial charge in [-0.05, 0) is 36.2 Å². The zero-order chi connectivity index (χ0) is 12.1. The monoisotopic (exact) mass is 226 g/mol. The van der Waals surface area contributed by atoms with Crippen LogP contribution in [-0.4, -0.2) is 11.7 Å². The number of nitrogens with zero attached hydrogens (tertiary/aromatic N) is 2. The van der Waals surface area contributed by atoms with Gasteiger partial charge in [0.1, 0.15) is 17.5 Å². The van der Waals surface area contributed by atoms with Gasteiger partial charge in [0.2, 0.25) is 0 Å². The van der Waals surface area contributed by atoms with E-state index in [2.05, 4.69) is 6.07 Å². The van der Waals surface area contributed by atoms with E-state index in [4.69, 9.17) is 10.00 Å². The third-order valence-electron chi connectivity index (χ3n) is 2.74. The highest BCUT2D eigenvalue weighted by atomic mass is 16.5. The van der Waals surface area contributed by atoms with E-state index in [0.29, 0.717) is 5.69 Å². The Kier molecular flexibility index (Phi) is 3.46. The van der Waals surface area contributed by atoms with E-state index in [9.17, 15) is 0 Å². The van der Waals surface area contributed by atoms with Gasteiger partial charge in [0, 0.05) is 12.7 Å². The van der Waals surface area contributed by atoms with Crippen LogP contribution in [0.25, 0.3) is 0 Å². The Bertz CT molecular complexity index is 520. The van der Waals surface area contributed by atoms with E-state index in [1.165, 1.54) is 5.56 Å². The average Bonchev–Trinajstić information content (AvgIpc) is 2.84. The molecule has 0 aliphatic carbocycles. The minimum Gasteiger partial charge on any atom is -0.497 e. The number of benzene rings is 1. The molecule has 0 fully saturated rings. The first-order valence-corrected chi connectivity index (χ1v) is 5.51. The number of aromatic nitrogens is 1. The Balaban J connectivity index is 2.00. The molecule has 2 rings (SSSR count). The van der Waals surface area contributed by atoms with Crippen molar-refractivity contribution in [3.05, 3.63) is 53.9 Å². The molecule has 0 unspecified atom stereocenters. The lowest BCUT2D eigenvalue weighted by atomic mass is 10.1. The second kappa shape index (κ2) is 5.22. The van der Waals surface area contributed by atoms with Gasteiger partial charge >= 0.3 is 0 Å². The van der Waals surface area contributed by atoms with Gasteiger partial charge in [-0.2, -0.15) is 5.26 Å². The number of hydrogen-bond donors (Lipinski definition) is 0. The van der Waals surface area contributed by atoms with Crippen molar-refractivity contribution in [3.8, 4) is 11.8 Å². The van der Waals surface area contributed by atoms with Gasteiger partial charge in [0.05, 0.1) is 7.11 Å². The number of methoxy groups -OCH3 is 1. The maximum Gasteiger partial charge on any atom is 0.120 e. The molecule has 0 amide bonds. The van der Waals surface area contributed by atoms with Gasteiger partial charge in [-0.1, -0.05) is 12.1 Å². The molecule has 3 nitrogen and oxygen atoms in total. The molecule has 0 aliphatic heterocycles. The number of hydrogen-bond acceptors (Lipinski definition) is 2. The van der Waals surface area contributed by atoms with Crippen LogP contribution in [0, 0.1) is 11.3 Å². The fraction of sp³-hybridized carbons (Fsp3) is 0.214. The standard InChI is InChI=1S/C14H14N2O/c1-17-14-6-4-12(5-7-14)8-10-16-9-2-3-13(16)11-15/h2-7,9H,8,10H2,1H3. The summed E-state index contributed by atoms with van der Waals surface area (Å²) in [6, 6.07) is 13.9. The van der Waals surface area contributed by atoms with Crippen LogP contribution in [-0.2, 0) is 13.0 Å². The molecule has 0 aliphatic rings. The topological polar surface area (TPSA) is 38.0 Å². The zero-order valence-electron chi connectivity index (χ0n) is 9.76. The molecule has 0 radical (unpaired) electrons. The third-order valence-corrected chi connectivity index (χ3v) is 2.74. The SMILES string of the molecule is COc1ccc(CCn2cccc2C#N)cc1. The molecule has 1 heterocycles. The second-order valence-electron chi connectivity index (χ2n) is 3.80. The van der Waals surface area contributed by atoms with E-state index in [1.54, 1.807) is 7.11 Å². The lowest BCUT2D eigenvalue weighted by molar-refractivity contribution is 0.414. The molecule has 1 aromatic heterocycles. The number of aryl methyl sites for hydroxylation is 2. The van der Waals surface area contributed by atoms with Crippen LogP contribution in [0.3, 0.4) is 0 Å². The van der Waals surface area contributed by atoms with Crippen LogP contribution in [0.1, 0.15) is 11.3 Å². The summed E-state index contributed by atoms with van der Waals surface area (Å²) < 4.78 is 7.07. The number of nitriles is 1. The predicted molar refractivity (Wildman–Crippen MR) is 65.8 cm³/mol. The van der Waals surface area contributed by atoms with Crippen molar-refractivity contribution in [2.45, 2.75) is 13.0 Å². The van der Waals surface area contributed by atoms with Gasteiger partial charge in [-0.25, -0.2) is 0 Å². The summed E-state index contributed by atoms with van der Waals surface area (Å²) >= 11 is 0. The minimum absolute atomic E-state index is 0.707. The molecule has 86 valence electrons. The molecule has 0 spiro atoms. The summed E-state index contributed by atoms with van der Waals surface area (Å²) in [5.41, 5.74) is 1.95. The predicted octanol–water partition coefficient (Wildman–Crippen LogP) is 2.61. The molecular formula is C14H14N2O. The van der Waals surface area contributed by atoms with Gasteiger partial charge < -0.3 is 9.30 Å². The van der Waals surface area contributed by atoms with Crippen molar-refractivity contribution in [1.82, 2.24) is 4.57 Å². The summed E-state index contributed by atoms with van der Waals surface area (Å²) in [6.07, 6.45) is 2.84. The molecule has 0 saturated heterocycles. The van der Waals surface area contributed by atoms with Crippen molar-refractivity contribution in [3.63, 3.8) is 0 Å². The van der Waals surface area contributed by atoms with Crippen molar-refractivity contribution in [2.75, 3.05) is 7.11 Å². The second-order valence-corrected chi connectivity index (χ2v) is 3.80. The minimum atomic E-state index is 0.707. The summed E-state index contributed by atoms with van der Waals surface area (Å²) in [7, 11) is 1.66. The highest BCUT2D eigenvalue weighted by Crippen LogP contribution is 2.12. The lowest BCUT2D eigenvalue weighted by Gasteiger charge is -2.06. The van der Waals surface area contributed by atoms with E-state index in [-0.39, 0.29) is 0 Å². The first kappa shape index (κ1) is 11.3. The third kappa shape index (κ3) is 2.67. The quantitative estimate of drug-likeness (QED) is 0.803. The molecular weight excluding hydrogens is 212 g/mol. The van der Waals surface area contributed by atoms with Crippen molar-refractivity contribution >= 4 is 0 Å². The maximum atomic E-state index is 8.89. The summed E-state index contributed by atoms with van der Waals surface area (Å²) in [6.45, 7) is 0.822. The van der Waals surface area contributed by atoms with E-state index < -0.39 is 0 Å². The Labute approximate surface area is 101 Å². The fourth-order valence-electron chi connectivity index (χ4n) is 1.75. The van der Waals surface area contributed by atoms with Gasteiger partial charge in [-0.15, -0.1) is 0 Å². The largest absolute Gasteiger partial charge is 0.497 e. The number of ether oxygens (including phenoxy) is 1. The maximum absolute atomic E-state index is 8.89. The summed E-state index contributed by atoms with van der Waals surface area (Å²) in [5, 5.41) is 8.89. The first-order valence-electron chi connectivity index (χ1n) is 5.51. The molecule has 0 saturated carbocycles. The number of rotatable bonds is 4. The molecule has 3 heteroatoms. The molecule has 1 aromatic carbocycles. The highest BCUT2D eigenvalue weighted by Gasteiger charge is 2.00. The van der Waals surface area contributed by atoms with Crippen molar-refractivity contribution in [1.29, 1.82) is 5.26 Å². The smallest absolute Gasteiger partial charge is 0.120 e. The molecule has 2 aromatic rings. The van der Waals surface area contributed by atoms with Crippen molar-refractivity contribution in [2.24, 2.45) is 0 Å². The van der Waals surface area contributed by atoms with Gasteiger partial charge in [0.25, 0.3) is 0 Å². The molecule has 0 bridgehead atoms. The van der Waals surface area contributed by atoms with E-state index in [0.717, 1.165) is 18.7 Å². The van der Waals surface area contributed by atoms with E-state index >= 15 is 0 Å². The lowest BCUT2D eigenvalue weighted by Crippen LogP contribution is -2.02. The Morgan fingerprint density at radius 1 is 1.24 bits per heavy atom. The van der Waals surface area contributed by atoms with Crippen LogP contribution in [0.15, 0.2) is 42.6 Å².